The molecule has 0 fully saturated rings. The van der Waals surface area contributed by atoms with E-state index in [2.05, 4.69) is 5.16 Å². The number of aromatic nitrogens is 1. The molecule has 0 atom stereocenters. The van der Waals surface area contributed by atoms with Crippen molar-refractivity contribution < 1.29 is 23.8 Å². The molecule has 0 bridgehead atoms. The highest BCUT2D eigenvalue weighted by Crippen LogP contribution is 2.38. The number of hydrogen-bond acceptors (Lipinski definition) is 6. The average molecular weight is 249 g/mol. The average Bonchev–Trinajstić information content (AvgIpc) is 3.05. The van der Waals surface area contributed by atoms with E-state index in [1.807, 2.05) is 0 Å². The van der Waals surface area contributed by atoms with Gasteiger partial charge < -0.3 is 23.8 Å². The first-order chi connectivity index (χ1) is 8.86. The highest BCUT2D eigenvalue weighted by atomic mass is 16.7. The molecule has 0 aliphatic carbocycles. The lowest BCUT2D eigenvalue weighted by Gasteiger charge is -2.09. The van der Waals surface area contributed by atoms with E-state index >= 15 is 0 Å². The Morgan fingerprint density at radius 3 is 2.83 bits per heavy atom. The van der Waals surface area contributed by atoms with Crippen LogP contribution in [0.2, 0.25) is 0 Å². The molecule has 0 amide bonds. The van der Waals surface area contributed by atoms with E-state index in [0.717, 1.165) is 0 Å². The smallest absolute Gasteiger partial charge is 0.231 e. The van der Waals surface area contributed by atoms with Crippen LogP contribution in [0.1, 0.15) is 11.3 Å². The molecule has 0 spiro atoms. The second kappa shape index (κ2) is 4.58. The second-order valence-corrected chi connectivity index (χ2v) is 3.74. The van der Waals surface area contributed by atoms with Gasteiger partial charge in [-0.05, 0) is 6.07 Å². The fraction of sp³-hybridized carbons (Fsp3) is 0.250. The van der Waals surface area contributed by atoms with E-state index < -0.39 is 0 Å². The van der Waals surface area contributed by atoms with Gasteiger partial charge in [-0.25, -0.2) is 0 Å². The summed E-state index contributed by atoms with van der Waals surface area (Å²) in [7, 11) is 0. The molecular weight excluding hydrogens is 238 g/mol. The zero-order valence-corrected chi connectivity index (χ0v) is 9.46. The fourth-order valence-corrected chi connectivity index (χ4v) is 1.69. The normalized spacial score (nSPS) is 12.7. The Balaban J connectivity index is 1.82. The number of hydrogen-bond donors (Lipinski definition) is 1. The van der Waals surface area contributed by atoms with Gasteiger partial charge in [-0.2, -0.15) is 0 Å². The summed E-state index contributed by atoms with van der Waals surface area (Å²) in [6, 6.07) is 5.12. The summed E-state index contributed by atoms with van der Waals surface area (Å²) in [6.45, 7) is 0.292. The second-order valence-electron chi connectivity index (χ2n) is 3.74. The Bertz CT molecular complexity index is 538. The third kappa shape index (κ3) is 1.98. The number of aliphatic hydroxyl groups excluding tert-OH is 1. The molecule has 1 aromatic carbocycles. The minimum atomic E-state index is -0.137. The summed E-state index contributed by atoms with van der Waals surface area (Å²) in [4.78, 5) is 0. The standard InChI is InChI=1S/C12H11NO5/c14-5-8-3-11-12(17-7-16-11)4-10(8)15-6-9-1-2-13-18-9/h1-4,14H,5-7H2. The van der Waals surface area contributed by atoms with Gasteiger partial charge in [0.2, 0.25) is 6.79 Å². The van der Waals surface area contributed by atoms with Crippen LogP contribution in [0.15, 0.2) is 28.9 Å². The van der Waals surface area contributed by atoms with Crippen LogP contribution in [0.3, 0.4) is 0 Å². The first-order valence-corrected chi connectivity index (χ1v) is 5.42. The molecule has 0 saturated heterocycles. The lowest BCUT2D eigenvalue weighted by Crippen LogP contribution is -1.98. The van der Waals surface area contributed by atoms with Crippen LogP contribution < -0.4 is 14.2 Å². The van der Waals surface area contributed by atoms with Crippen LogP contribution in [0, 0.1) is 0 Å². The molecule has 0 saturated carbocycles. The molecule has 6 nitrogen and oxygen atoms in total. The Hall–Kier alpha value is -2.21. The third-order valence-electron chi connectivity index (χ3n) is 2.59. The zero-order valence-electron chi connectivity index (χ0n) is 9.46. The van der Waals surface area contributed by atoms with Crippen molar-refractivity contribution in [1.29, 1.82) is 0 Å². The number of benzene rings is 1. The maximum Gasteiger partial charge on any atom is 0.231 e. The molecule has 6 heteroatoms. The van der Waals surface area contributed by atoms with E-state index in [1.165, 1.54) is 0 Å². The van der Waals surface area contributed by atoms with Crippen molar-refractivity contribution in [2.45, 2.75) is 13.2 Å². The Morgan fingerprint density at radius 2 is 2.11 bits per heavy atom. The SMILES string of the molecule is OCc1cc2c(cc1OCc1ccno1)OCO2. The van der Waals surface area contributed by atoms with Crippen molar-refractivity contribution >= 4 is 0 Å². The monoisotopic (exact) mass is 249 g/mol. The number of rotatable bonds is 4. The predicted molar refractivity (Wildman–Crippen MR) is 59.3 cm³/mol. The van der Waals surface area contributed by atoms with Crippen LogP contribution in [0.5, 0.6) is 17.2 Å². The minimum Gasteiger partial charge on any atom is -0.485 e. The quantitative estimate of drug-likeness (QED) is 0.884. The van der Waals surface area contributed by atoms with Crippen LogP contribution >= 0.6 is 0 Å². The summed E-state index contributed by atoms with van der Waals surface area (Å²) in [5.74, 6) is 2.38. The zero-order chi connectivity index (χ0) is 12.4. The first-order valence-electron chi connectivity index (χ1n) is 5.42. The number of fused-ring (bicyclic) bond motifs is 1. The lowest BCUT2D eigenvalue weighted by atomic mass is 10.2. The molecular formula is C12H11NO5. The van der Waals surface area contributed by atoms with E-state index in [4.69, 9.17) is 18.7 Å². The molecule has 2 aromatic rings. The molecule has 18 heavy (non-hydrogen) atoms. The molecule has 0 unspecified atom stereocenters. The summed E-state index contributed by atoms with van der Waals surface area (Å²) >= 11 is 0. The van der Waals surface area contributed by atoms with Gasteiger partial charge in [-0.3, -0.25) is 0 Å². The van der Waals surface area contributed by atoms with E-state index in [9.17, 15) is 5.11 Å². The number of nitrogens with zero attached hydrogens (tertiary/aromatic N) is 1. The molecule has 1 N–H and O–H groups in total. The third-order valence-corrected chi connectivity index (χ3v) is 2.59. The largest absolute Gasteiger partial charge is 0.485 e. The Kier molecular flexibility index (Phi) is 2.77. The van der Waals surface area contributed by atoms with Crippen LogP contribution in [-0.2, 0) is 13.2 Å². The van der Waals surface area contributed by atoms with E-state index in [1.54, 1.807) is 24.4 Å². The van der Waals surface area contributed by atoms with Crippen molar-refractivity contribution in [3.05, 3.63) is 35.7 Å². The van der Waals surface area contributed by atoms with Gasteiger partial charge in [-0.1, -0.05) is 5.16 Å². The fourth-order valence-electron chi connectivity index (χ4n) is 1.69. The highest BCUT2D eigenvalue weighted by molar-refractivity contribution is 5.51. The topological polar surface area (TPSA) is 74.0 Å². The minimum absolute atomic E-state index is 0.137. The molecule has 3 rings (SSSR count). The van der Waals surface area contributed by atoms with Gasteiger partial charge in [0.1, 0.15) is 12.4 Å². The predicted octanol–water partition coefficient (Wildman–Crippen LogP) is 1.47. The van der Waals surface area contributed by atoms with Gasteiger partial charge in [0.05, 0.1) is 12.8 Å². The van der Waals surface area contributed by atoms with Gasteiger partial charge in [-0.15, -0.1) is 0 Å². The molecule has 2 heterocycles. The van der Waals surface area contributed by atoms with E-state index in [0.29, 0.717) is 28.6 Å². The van der Waals surface area contributed by atoms with Gasteiger partial charge >= 0.3 is 0 Å². The van der Waals surface area contributed by atoms with Crippen molar-refractivity contribution in [2.75, 3.05) is 6.79 Å². The van der Waals surface area contributed by atoms with Crippen molar-refractivity contribution in [3.8, 4) is 17.2 Å². The molecule has 0 radical (unpaired) electrons. The highest BCUT2D eigenvalue weighted by Gasteiger charge is 2.18. The summed E-state index contributed by atoms with van der Waals surface area (Å²) < 4.78 is 21.0. The summed E-state index contributed by atoms with van der Waals surface area (Å²) in [5.41, 5.74) is 0.638. The van der Waals surface area contributed by atoms with Crippen LogP contribution in [-0.4, -0.2) is 17.1 Å². The Labute approximate surface area is 103 Å². The lowest BCUT2D eigenvalue weighted by molar-refractivity contribution is 0.173. The molecule has 1 aliphatic rings. The van der Waals surface area contributed by atoms with Gasteiger partial charge in [0.25, 0.3) is 0 Å². The molecule has 1 aromatic heterocycles. The van der Waals surface area contributed by atoms with Crippen molar-refractivity contribution in [2.24, 2.45) is 0 Å². The maximum absolute atomic E-state index is 9.29. The Morgan fingerprint density at radius 1 is 1.28 bits per heavy atom. The van der Waals surface area contributed by atoms with Gasteiger partial charge in [0, 0.05) is 17.7 Å². The molecule has 94 valence electrons. The molecule has 1 aliphatic heterocycles. The van der Waals surface area contributed by atoms with Crippen molar-refractivity contribution in [3.63, 3.8) is 0 Å². The number of aliphatic hydroxyl groups is 1. The van der Waals surface area contributed by atoms with E-state index in [-0.39, 0.29) is 20.0 Å². The summed E-state index contributed by atoms with van der Waals surface area (Å²) in [5, 5.41) is 12.9. The summed E-state index contributed by atoms with van der Waals surface area (Å²) in [6.07, 6.45) is 1.55. The van der Waals surface area contributed by atoms with Crippen LogP contribution in [0.25, 0.3) is 0 Å². The van der Waals surface area contributed by atoms with Crippen molar-refractivity contribution in [1.82, 2.24) is 5.16 Å². The number of ether oxygens (including phenoxy) is 3. The maximum atomic E-state index is 9.29. The van der Waals surface area contributed by atoms with Gasteiger partial charge in [0.15, 0.2) is 17.3 Å². The van der Waals surface area contributed by atoms with Crippen LogP contribution in [0.4, 0.5) is 0 Å². The first kappa shape index (κ1) is 10.9.